The van der Waals surface area contributed by atoms with Gasteiger partial charge >= 0.3 is 0 Å². The third-order valence-electron chi connectivity index (χ3n) is 4.51. The zero-order valence-electron chi connectivity index (χ0n) is 15.4. The highest BCUT2D eigenvalue weighted by Gasteiger charge is 2.12. The van der Waals surface area contributed by atoms with Crippen LogP contribution in [-0.2, 0) is 13.2 Å². The average Bonchev–Trinajstić information content (AvgIpc) is 2.68. The Balaban J connectivity index is 1.82. The first-order chi connectivity index (χ1) is 13.2. The van der Waals surface area contributed by atoms with Gasteiger partial charge in [-0.3, -0.25) is 0 Å². The van der Waals surface area contributed by atoms with Crippen LogP contribution in [0.2, 0.25) is 5.02 Å². The van der Waals surface area contributed by atoms with Gasteiger partial charge in [0, 0.05) is 17.7 Å². The second-order valence-electron chi connectivity index (χ2n) is 6.39. The number of fused-ring (bicyclic) bond motifs is 1. The Morgan fingerprint density at radius 3 is 2.63 bits per heavy atom. The monoisotopic (exact) mass is 386 g/mol. The van der Waals surface area contributed by atoms with Crippen molar-refractivity contribution in [3.63, 3.8) is 0 Å². The van der Waals surface area contributed by atoms with Crippen molar-refractivity contribution >= 4 is 22.4 Å². The molecule has 0 bridgehead atoms. The van der Waals surface area contributed by atoms with Crippen LogP contribution >= 0.6 is 11.6 Å². The highest BCUT2D eigenvalue weighted by Crippen LogP contribution is 2.30. The highest BCUT2D eigenvalue weighted by molar-refractivity contribution is 6.31. The first-order valence-electron chi connectivity index (χ1n) is 9.12. The van der Waals surface area contributed by atoms with Crippen molar-refractivity contribution in [2.24, 2.45) is 0 Å². The smallest absolute Gasteiger partial charge is 0.131 e. The number of halogens is 2. The maximum atomic E-state index is 14.0. The van der Waals surface area contributed by atoms with Crippen LogP contribution in [0.4, 0.5) is 4.39 Å². The van der Waals surface area contributed by atoms with Crippen molar-refractivity contribution in [2.75, 3.05) is 20.1 Å². The van der Waals surface area contributed by atoms with Crippen LogP contribution in [0.15, 0.2) is 54.6 Å². The molecule has 0 fully saturated rings. The van der Waals surface area contributed by atoms with E-state index in [2.05, 4.69) is 22.8 Å². The topological polar surface area (TPSA) is 33.3 Å². The molecule has 142 valence electrons. The molecule has 0 radical (unpaired) electrons. The molecule has 0 aliphatic rings. The van der Waals surface area contributed by atoms with Gasteiger partial charge in [-0.15, -0.1) is 0 Å². The van der Waals surface area contributed by atoms with Gasteiger partial charge in [-0.25, -0.2) is 4.39 Å². The zero-order valence-corrected chi connectivity index (χ0v) is 16.2. The SMILES string of the molecule is CNCCCNCc1c(OCc2c(F)cccc2Cl)ccc2ccccc12. The summed E-state index contributed by atoms with van der Waals surface area (Å²) in [6, 6.07) is 16.8. The molecule has 0 atom stereocenters. The predicted octanol–water partition coefficient (Wildman–Crippen LogP) is 4.91. The standard InChI is InChI=1S/C22H24ClFN2O/c1-25-12-5-13-26-14-18-17-7-3-2-6-16(17)10-11-22(18)27-15-19-20(23)8-4-9-21(19)24/h2-4,6-11,25-26H,5,12-15H2,1H3. The molecule has 0 saturated carbocycles. The fourth-order valence-electron chi connectivity index (χ4n) is 3.06. The number of nitrogens with one attached hydrogen (secondary N) is 2. The Morgan fingerprint density at radius 2 is 1.81 bits per heavy atom. The van der Waals surface area contributed by atoms with Crippen molar-refractivity contribution in [1.82, 2.24) is 10.6 Å². The van der Waals surface area contributed by atoms with Crippen molar-refractivity contribution in [3.05, 3.63) is 76.6 Å². The minimum absolute atomic E-state index is 0.0939. The van der Waals surface area contributed by atoms with E-state index in [-0.39, 0.29) is 12.4 Å². The Bertz CT molecular complexity index is 880. The zero-order chi connectivity index (χ0) is 19.1. The fraction of sp³-hybridized carbons (Fsp3) is 0.273. The minimum atomic E-state index is -0.352. The maximum Gasteiger partial charge on any atom is 0.131 e. The van der Waals surface area contributed by atoms with E-state index >= 15 is 0 Å². The molecule has 0 heterocycles. The van der Waals surface area contributed by atoms with Gasteiger partial charge in [0.25, 0.3) is 0 Å². The van der Waals surface area contributed by atoms with Gasteiger partial charge in [0.1, 0.15) is 18.2 Å². The van der Waals surface area contributed by atoms with Gasteiger partial charge in [-0.2, -0.15) is 0 Å². The van der Waals surface area contributed by atoms with E-state index < -0.39 is 0 Å². The fourth-order valence-corrected chi connectivity index (χ4v) is 3.27. The van der Waals surface area contributed by atoms with Crippen LogP contribution in [-0.4, -0.2) is 20.1 Å². The third-order valence-corrected chi connectivity index (χ3v) is 4.87. The summed E-state index contributed by atoms with van der Waals surface area (Å²) in [5.74, 6) is 0.393. The van der Waals surface area contributed by atoms with Crippen LogP contribution in [0.1, 0.15) is 17.5 Å². The molecule has 0 aliphatic heterocycles. The molecule has 2 N–H and O–H groups in total. The number of ether oxygens (including phenoxy) is 1. The molecule has 5 heteroatoms. The van der Waals surface area contributed by atoms with Gasteiger partial charge in [-0.1, -0.05) is 48.0 Å². The lowest BCUT2D eigenvalue weighted by Gasteiger charge is -2.16. The molecule has 3 aromatic rings. The number of rotatable bonds is 9. The summed E-state index contributed by atoms with van der Waals surface area (Å²) in [5.41, 5.74) is 1.45. The Hall–Kier alpha value is -2.14. The molecule has 0 spiro atoms. The summed E-state index contributed by atoms with van der Waals surface area (Å²) in [6.45, 7) is 2.66. The molecular weight excluding hydrogens is 363 g/mol. The molecule has 0 aliphatic carbocycles. The van der Waals surface area contributed by atoms with Gasteiger partial charge in [0.05, 0.1) is 5.02 Å². The molecule has 0 unspecified atom stereocenters. The molecule has 27 heavy (non-hydrogen) atoms. The predicted molar refractivity (Wildman–Crippen MR) is 110 cm³/mol. The van der Waals surface area contributed by atoms with E-state index in [9.17, 15) is 4.39 Å². The molecule has 3 rings (SSSR count). The normalized spacial score (nSPS) is 11.1. The van der Waals surface area contributed by atoms with E-state index in [1.807, 2.05) is 31.3 Å². The Morgan fingerprint density at radius 1 is 0.963 bits per heavy atom. The Kier molecular flexibility index (Phi) is 7.04. The summed E-state index contributed by atoms with van der Waals surface area (Å²) < 4.78 is 20.0. The molecule has 3 nitrogen and oxygen atoms in total. The third kappa shape index (κ3) is 4.98. The maximum absolute atomic E-state index is 14.0. The summed E-state index contributed by atoms with van der Waals surface area (Å²) in [5, 5.41) is 9.28. The second-order valence-corrected chi connectivity index (χ2v) is 6.79. The van der Waals surface area contributed by atoms with Crippen LogP contribution < -0.4 is 15.4 Å². The highest BCUT2D eigenvalue weighted by atomic mass is 35.5. The molecule has 3 aromatic carbocycles. The van der Waals surface area contributed by atoms with E-state index in [0.29, 0.717) is 17.1 Å². The van der Waals surface area contributed by atoms with Crippen LogP contribution in [0.5, 0.6) is 5.75 Å². The largest absolute Gasteiger partial charge is 0.488 e. The lowest BCUT2D eigenvalue weighted by atomic mass is 10.0. The molecule has 0 aromatic heterocycles. The van der Waals surface area contributed by atoms with Crippen LogP contribution in [0.25, 0.3) is 10.8 Å². The van der Waals surface area contributed by atoms with Crippen molar-refractivity contribution in [1.29, 1.82) is 0 Å². The summed E-state index contributed by atoms with van der Waals surface area (Å²) in [6.07, 6.45) is 1.04. The van der Waals surface area contributed by atoms with Gasteiger partial charge in [0.15, 0.2) is 0 Å². The average molecular weight is 387 g/mol. The van der Waals surface area contributed by atoms with Gasteiger partial charge in [-0.05, 0) is 55.5 Å². The summed E-state index contributed by atoms with van der Waals surface area (Å²) >= 11 is 6.12. The summed E-state index contributed by atoms with van der Waals surface area (Å²) in [7, 11) is 1.95. The van der Waals surface area contributed by atoms with E-state index in [1.165, 1.54) is 6.07 Å². The molecule has 0 amide bonds. The van der Waals surface area contributed by atoms with Crippen molar-refractivity contribution in [2.45, 2.75) is 19.6 Å². The number of hydrogen-bond acceptors (Lipinski definition) is 3. The first kappa shape index (κ1) is 19.6. The van der Waals surface area contributed by atoms with Crippen LogP contribution in [0, 0.1) is 5.82 Å². The molecular formula is C22H24ClFN2O. The van der Waals surface area contributed by atoms with Gasteiger partial charge < -0.3 is 15.4 Å². The number of benzene rings is 3. The van der Waals surface area contributed by atoms with E-state index in [1.54, 1.807) is 12.1 Å². The minimum Gasteiger partial charge on any atom is -0.488 e. The van der Waals surface area contributed by atoms with Gasteiger partial charge in [0.2, 0.25) is 0 Å². The number of hydrogen-bond donors (Lipinski definition) is 2. The lowest BCUT2D eigenvalue weighted by molar-refractivity contribution is 0.296. The molecule has 0 saturated heterocycles. The van der Waals surface area contributed by atoms with Crippen molar-refractivity contribution in [3.8, 4) is 5.75 Å². The lowest BCUT2D eigenvalue weighted by Crippen LogP contribution is -2.20. The first-order valence-corrected chi connectivity index (χ1v) is 9.50. The second kappa shape index (κ2) is 9.70. The summed E-state index contributed by atoms with van der Waals surface area (Å²) in [4.78, 5) is 0. The van der Waals surface area contributed by atoms with E-state index in [0.717, 1.165) is 41.6 Å². The Labute approximate surface area is 164 Å². The van der Waals surface area contributed by atoms with Crippen LogP contribution in [0.3, 0.4) is 0 Å². The quantitative estimate of drug-likeness (QED) is 0.512. The van der Waals surface area contributed by atoms with Crippen molar-refractivity contribution < 1.29 is 9.13 Å². The van der Waals surface area contributed by atoms with E-state index in [4.69, 9.17) is 16.3 Å².